The summed E-state index contributed by atoms with van der Waals surface area (Å²) in [7, 11) is 4.57. The number of quaternary nitrogens is 1. The van der Waals surface area contributed by atoms with Gasteiger partial charge in [0.15, 0.2) is 0 Å². The van der Waals surface area contributed by atoms with Gasteiger partial charge in [0.1, 0.15) is 11.9 Å². The number of anilines is 1. The Labute approximate surface area is 166 Å². The molecule has 0 N–H and O–H groups in total. The number of benzene rings is 2. The van der Waals surface area contributed by atoms with Gasteiger partial charge in [-0.25, -0.2) is 9.18 Å². The molecule has 0 spiro atoms. The van der Waals surface area contributed by atoms with Crippen molar-refractivity contribution < 1.29 is 18.4 Å². The van der Waals surface area contributed by atoms with Crippen LogP contribution in [0.1, 0.15) is 31.2 Å². The Bertz CT molecular complexity index is 824. The minimum atomic E-state index is -0.397. The van der Waals surface area contributed by atoms with Gasteiger partial charge >= 0.3 is 6.09 Å². The number of ether oxygens (including phenoxy) is 1. The minimum absolute atomic E-state index is 0.0667. The van der Waals surface area contributed by atoms with Crippen molar-refractivity contribution in [2.24, 2.45) is 0 Å². The van der Waals surface area contributed by atoms with E-state index in [1.807, 2.05) is 30.3 Å². The normalized spacial score (nSPS) is 25.3. The van der Waals surface area contributed by atoms with Gasteiger partial charge in [-0.15, -0.1) is 0 Å². The van der Waals surface area contributed by atoms with E-state index in [2.05, 4.69) is 14.1 Å². The number of carbonyl (C=O) groups is 1. The predicted molar refractivity (Wildman–Crippen MR) is 107 cm³/mol. The lowest BCUT2D eigenvalue weighted by atomic mass is 9.98. The molecule has 28 heavy (non-hydrogen) atoms. The lowest BCUT2D eigenvalue weighted by Gasteiger charge is -2.44. The monoisotopic (exact) mass is 383 g/mol. The minimum Gasteiger partial charge on any atom is -0.445 e. The van der Waals surface area contributed by atoms with Crippen LogP contribution in [-0.2, 0) is 11.3 Å². The maximum Gasteiger partial charge on any atom is 0.414 e. The molecule has 2 bridgehead atoms. The molecular weight excluding hydrogens is 355 g/mol. The summed E-state index contributed by atoms with van der Waals surface area (Å²) in [6, 6.07) is 17.0. The van der Waals surface area contributed by atoms with Gasteiger partial charge in [0.2, 0.25) is 0 Å². The second kappa shape index (κ2) is 7.55. The van der Waals surface area contributed by atoms with Gasteiger partial charge in [-0.3, -0.25) is 4.90 Å². The van der Waals surface area contributed by atoms with E-state index in [-0.39, 0.29) is 18.5 Å². The van der Waals surface area contributed by atoms with Gasteiger partial charge in [0.05, 0.1) is 32.7 Å². The van der Waals surface area contributed by atoms with Gasteiger partial charge in [0.25, 0.3) is 0 Å². The summed E-state index contributed by atoms with van der Waals surface area (Å²) in [5, 5.41) is 0. The molecule has 1 amide bonds. The molecule has 0 aromatic heterocycles. The topological polar surface area (TPSA) is 29.5 Å². The molecular formula is C23H28FN2O2+. The smallest absolute Gasteiger partial charge is 0.414 e. The number of hydrogen-bond acceptors (Lipinski definition) is 2. The lowest BCUT2D eigenvalue weighted by Crippen LogP contribution is -2.56. The van der Waals surface area contributed by atoms with Crippen LogP contribution in [0.3, 0.4) is 0 Å². The summed E-state index contributed by atoms with van der Waals surface area (Å²) in [5.74, 6) is -0.314. The number of amides is 1. The number of nitrogens with zero attached hydrogens (tertiary/aromatic N) is 2. The summed E-state index contributed by atoms with van der Waals surface area (Å²) in [6.45, 7) is 0.149. The Morgan fingerprint density at radius 3 is 2.29 bits per heavy atom. The molecule has 2 fully saturated rings. The largest absolute Gasteiger partial charge is 0.445 e. The number of hydrogen-bond donors (Lipinski definition) is 0. The van der Waals surface area contributed by atoms with E-state index >= 15 is 0 Å². The zero-order chi connectivity index (χ0) is 19.7. The van der Waals surface area contributed by atoms with Crippen LogP contribution in [0, 0.1) is 5.82 Å². The molecule has 148 valence electrons. The molecule has 2 aliphatic rings. The fourth-order valence-electron chi connectivity index (χ4n) is 4.80. The number of carbonyl (C=O) groups excluding carboxylic acids is 1. The van der Waals surface area contributed by atoms with Crippen molar-refractivity contribution in [1.29, 1.82) is 0 Å². The molecule has 5 heteroatoms. The van der Waals surface area contributed by atoms with Crippen LogP contribution in [0.2, 0.25) is 0 Å². The highest BCUT2D eigenvalue weighted by Crippen LogP contribution is 2.40. The van der Waals surface area contributed by atoms with E-state index in [0.717, 1.165) is 17.3 Å². The second-order valence-electron chi connectivity index (χ2n) is 8.50. The van der Waals surface area contributed by atoms with E-state index in [1.165, 1.54) is 23.8 Å². The fourth-order valence-corrected chi connectivity index (χ4v) is 4.80. The van der Waals surface area contributed by atoms with Gasteiger partial charge < -0.3 is 9.22 Å². The Balaban J connectivity index is 1.52. The van der Waals surface area contributed by atoms with Crippen LogP contribution < -0.4 is 4.90 Å². The molecule has 2 aromatic rings. The third-order valence-corrected chi connectivity index (χ3v) is 6.63. The Hall–Kier alpha value is -2.40. The molecule has 2 aromatic carbocycles. The summed E-state index contributed by atoms with van der Waals surface area (Å²) in [5.41, 5.74) is 1.19. The van der Waals surface area contributed by atoms with E-state index in [9.17, 15) is 9.18 Å². The molecule has 2 heterocycles. The first-order valence-electron chi connectivity index (χ1n) is 10.0. The lowest BCUT2D eigenvalue weighted by molar-refractivity contribution is -0.931. The molecule has 4 rings (SSSR count). The number of piperidine rings is 1. The summed E-state index contributed by atoms with van der Waals surface area (Å²) in [4.78, 5) is 14.6. The highest BCUT2D eigenvalue weighted by Gasteiger charge is 2.50. The summed E-state index contributed by atoms with van der Waals surface area (Å²) < 4.78 is 21.2. The predicted octanol–water partition coefficient (Wildman–Crippen LogP) is 4.74. The first kappa shape index (κ1) is 18.9. The van der Waals surface area contributed by atoms with Crippen LogP contribution in [0.5, 0.6) is 0 Å². The van der Waals surface area contributed by atoms with Gasteiger partial charge in [-0.05, 0) is 18.2 Å². The van der Waals surface area contributed by atoms with E-state index in [4.69, 9.17) is 4.74 Å². The van der Waals surface area contributed by atoms with E-state index < -0.39 is 6.09 Å². The summed E-state index contributed by atoms with van der Waals surface area (Å²) in [6.07, 6.45) is 3.73. The van der Waals surface area contributed by atoms with Crippen LogP contribution in [0.4, 0.5) is 14.9 Å². The molecule has 4 nitrogen and oxygen atoms in total. The third kappa shape index (κ3) is 3.63. The average molecular weight is 383 g/mol. The maximum absolute atomic E-state index is 14.2. The quantitative estimate of drug-likeness (QED) is 0.714. The Morgan fingerprint density at radius 1 is 1.04 bits per heavy atom. The fraction of sp³-hybridized carbons (Fsp3) is 0.435. The molecule has 0 aliphatic carbocycles. The zero-order valence-corrected chi connectivity index (χ0v) is 16.6. The third-order valence-electron chi connectivity index (χ3n) is 6.63. The Morgan fingerprint density at radius 2 is 1.64 bits per heavy atom. The molecule has 3 atom stereocenters. The van der Waals surface area contributed by atoms with Crippen molar-refractivity contribution in [3.8, 4) is 0 Å². The molecule has 0 radical (unpaired) electrons. The SMILES string of the molecule is C[N+]1(C)[C@@H]2CC[C@H]1CC(OC(=O)N(Cc1ccccc1F)c1ccccc1)C2. The van der Waals surface area contributed by atoms with Crippen LogP contribution in [-0.4, -0.2) is 42.9 Å². The van der Waals surface area contributed by atoms with E-state index in [1.54, 1.807) is 18.2 Å². The number of para-hydroxylation sites is 1. The highest BCUT2D eigenvalue weighted by atomic mass is 19.1. The molecule has 2 saturated heterocycles. The van der Waals surface area contributed by atoms with Gasteiger partial charge in [0, 0.05) is 36.9 Å². The van der Waals surface area contributed by atoms with Crippen molar-refractivity contribution in [3.63, 3.8) is 0 Å². The number of rotatable bonds is 4. The maximum atomic E-state index is 14.2. The Kier molecular flexibility index (Phi) is 5.11. The second-order valence-corrected chi connectivity index (χ2v) is 8.50. The number of halogens is 1. The molecule has 2 aliphatic heterocycles. The first-order valence-corrected chi connectivity index (χ1v) is 10.0. The van der Waals surface area contributed by atoms with Crippen LogP contribution in [0.15, 0.2) is 54.6 Å². The summed E-state index contributed by atoms with van der Waals surface area (Å²) >= 11 is 0. The van der Waals surface area contributed by atoms with E-state index in [0.29, 0.717) is 23.3 Å². The van der Waals surface area contributed by atoms with Gasteiger partial charge in [-0.2, -0.15) is 0 Å². The van der Waals surface area contributed by atoms with Crippen molar-refractivity contribution in [2.45, 2.75) is 50.4 Å². The van der Waals surface area contributed by atoms with Crippen LogP contribution >= 0.6 is 0 Å². The average Bonchev–Trinajstić information content (AvgIpc) is 2.85. The van der Waals surface area contributed by atoms with Crippen molar-refractivity contribution >= 4 is 11.8 Å². The molecule has 1 unspecified atom stereocenters. The standard InChI is InChI=1S/C23H28FN2O2/c1-26(2)19-12-13-20(26)15-21(14-19)28-23(27)25(18-9-4-3-5-10-18)16-17-8-6-7-11-22(17)24/h3-11,19-21H,12-16H2,1-2H3/q+1/t19-,20+,21?. The number of fused-ring (bicyclic) bond motifs is 2. The first-order chi connectivity index (χ1) is 13.4. The zero-order valence-electron chi connectivity index (χ0n) is 16.6. The van der Waals surface area contributed by atoms with Gasteiger partial charge in [-0.1, -0.05) is 36.4 Å². The van der Waals surface area contributed by atoms with Crippen molar-refractivity contribution in [3.05, 3.63) is 66.0 Å². The van der Waals surface area contributed by atoms with Crippen LogP contribution in [0.25, 0.3) is 0 Å². The highest BCUT2D eigenvalue weighted by molar-refractivity contribution is 5.87. The molecule has 0 saturated carbocycles. The van der Waals surface area contributed by atoms with Crippen molar-refractivity contribution in [1.82, 2.24) is 0 Å². The van der Waals surface area contributed by atoms with Crippen molar-refractivity contribution in [2.75, 3.05) is 19.0 Å².